The molecule has 0 spiro atoms. The smallest absolute Gasteiger partial charge is 0.151 e. The highest BCUT2D eigenvalue weighted by molar-refractivity contribution is 8.01. The third-order valence-corrected chi connectivity index (χ3v) is 6.91. The van der Waals surface area contributed by atoms with Gasteiger partial charge in [0.15, 0.2) is 4.34 Å². The fourth-order valence-corrected chi connectivity index (χ4v) is 5.60. The van der Waals surface area contributed by atoms with Crippen molar-refractivity contribution in [1.29, 1.82) is 0 Å². The maximum atomic E-state index is 4.76. The zero-order valence-electron chi connectivity index (χ0n) is 12.6. The summed E-state index contributed by atoms with van der Waals surface area (Å²) in [7, 11) is 0. The van der Waals surface area contributed by atoms with E-state index in [1.54, 1.807) is 0 Å². The van der Waals surface area contributed by atoms with Crippen molar-refractivity contribution in [2.24, 2.45) is 11.3 Å². The lowest BCUT2D eigenvalue weighted by molar-refractivity contribution is 0.182. The number of thioether (sulfide) groups is 1. The van der Waals surface area contributed by atoms with Crippen LogP contribution in [0.1, 0.15) is 46.5 Å². The minimum absolute atomic E-state index is 0.478. The number of aromatic nitrogens is 1. The van der Waals surface area contributed by atoms with Crippen LogP contribution >= 0.6 is 23.1 Å². The van der Waals surface area contributed by atoms with Crippen molar-refractivity contribution in [1.82, 2.24) is 4.98 Å². The minimum atomic E-state index is 0.478. The quantitative estimate of drug-likeness (QED) is 0.675. The molecule has 1 heterocycles. The second kappa shape index (κ2) is 5.69. The van der Waals surface area contributed by atoms with Crippen molar-refractivity contribution in [3.8, 4) is 0 Å². The van der Waals surface area contributed by atoms with Gasteiger partial charge < -0.3 is 0 Å². The summed E-state index contributed by atoms with van der Waals surface area (Å²) >= 11 is 3.86. The van der Waals surface area contributed by atoms with Crippen LogP contribution < -0.4 is 0 Å². The predicted molar refractivity (Wildman–Crippen MR) is 90.7 cm³/mol. The molecule has 0 unspecified atom stereocenters. The maximum Gasteiger partial charge on any atom is 0.151 e. The zero-order chi connectivity index (χ0) is 14.2. The molecule has 0 saturated heterocycles. The lowest BCUT2D eigenvalue weighted by Gasteiger charge is -2.36. The summed E-state index contributed by atoms with van der Waals surface area (Å²) in [4.78, 5) is 4.76. The van der Waals surface area contributed by atoms with E-state index in [1.165, 1.54) is 34.7 Å². The molecule has 20 heavy (non-hydrogen) atoms. The number of fused-ring (bicyclic) bond motifs is 1. The fourth-order valence-electron chi connectivity index (χ4n) is 3.09. The molecule has 108 valence electrons. The van der Waals surface area contributed by atoms with Crippen LogP contribution in [0.15, 0.2) is 28.6 Å². The van der Waals surface area contributed by atoms with Gasteiger partial charge in [0.25, 0.3) is 0 Å². The first-order chi connectivity index (χ1) is 9.52. The molecule has 0 bridgehead atoms. The van der Waals surface area contributed by atoms with Gasteiger partial charge in [-0.3, -0.25) is 0 Å². The van der Waals surface area contributed by atoms with Crippen molar-refractivity contribution >= 4 is 33.3 Å². The van der Waals surface area contributed by atoms with Crippen LogP contribution in [0.25, 0.3) is 10.2 Å². The third-order valence-electron chi connectivity index (χ3n) is 4.44. The van der Waals surface area contributed by atoms with Gasteiger partial charge in [-0.25, -0.2) is 4.98 Å². The Morgan fingerprint density at radius 2 is 1.80 bits per heavy atom. The summed E-state index contributed by atoms with van der Waals surface area (Å²) in [5, 5.41) is 0.772. The summed E-state index contributed by atoms with van der Waals surface area (Å²) in [5.74, 6) is 0.898. The van der Waals surface area contributed by atoms with Crippen LogP contribution in [-0.4, -0.2) is 10.2 Å². The third kappa shape index (κ3) is 3.20. The largest absolute Gasteiger partial charge is 0.230 e. The maximum absolute atomic E-state index is 4.76. The molecule has 1 aromatic carbocycles. The molecule has 0 N–H and O–H groups in total. The molecule has 3 rings (SSSR count). The number of rotatable bonds is 2. The van der Waals surface area contributed by atoms with Gasteiger partial charge in [0.1, 0.15) is 0 Å². The van der Waals surface area contributed by atoms with Gasteiger partial charge in [0, 0.05) is 5.25 Å². The van der Waals surface area contributed by atoms with Crippen molar-refractivity contribution in [3.63, 3.8) is 0 Å². The van der Waals surface area contributed by atoms with Crippen LogP contribution in [-0.2, 0) is 0 Å². The van der Waals surface area contributed by atoms with Crippen molar-refractivity contribution < 1.29 is 0 Å². The van der Waals surface area contributed by atoms with Gasteiger partial charge in [0.05, 0.1) is 10.2 Å². The Kier molecular flexibility index (Phi) is 4.09. The molecule has 1 aliphatic rings. The van der Waals surface area contributed by atoms with Gasteiger partial charge in [-0.05, 0) is 49.1 Å². The van der Waals surface area contributed by atoms with E-state index < -0.39 is 0 Å². The van der Waals surface area contributed by atoms with Gasteiger partial charge >= 0.3 is 0 Å². The van der Waals surface area contributed by atoms with E-state index in [1.807, 2.05) is 23.1 Å². The van der Waals surface area contributed by atoms with Gasteiger partial charge in [-0.1, -0.05) is 44.7 Å². The number of hydrogen-bond donors (Lipinski definition) is 0. The Morgan fingerprint density at radius 1 is 1.10 bits per heavy atom. The van der Waals surface area contributed by atoms with Gasteiger partial charge in [-0.2, -0.15) is 0 Å². The molecule has 0 radical (unpaired) electrons. The molecular weight excluding hydrogens is 282 g/mol. The monoisotopic (exact) mass is 305 g/mol. The van der Waals surface area contributed by atoms with Crippen LogP contribution in [0.2, 0.25) is 0 Å². The minimum Gasteiger partial charge on any atom is -0.230 e. The first-order valence-corrected chi connectivity index (χ1v) is 9.24. The molecule has 0 atom stereocenters. The fraction of sp³-hybridized carbons (Fsp3) is 0.588. The molecular formula is C17H23NS2. The Bertz CT molecular complexity index is 541. The van der Waals surface area contributed by atoms with Gasteiger partial charge in [0.2, 0.25) is 0 Å². The van der Waals surface area contributed by atoms with E-state index in [9.17, 15) is 0 Å². The van der Waals surface area contributed by atoms with Crippen LogP contribution in [0, 0.1) is 11.3 Å². The second-order valence-corrected chi connectivity index (χ2v) is 9.48. The number of benzene rings is 1. The van der Waals surface area contributed by atoms with Crippen LogP contribution in [0.4, 0.5) is 0 Å². The molecule has 3 heteroatoms. The van der Waals surface area contributed by atoms with Gasteiger partial charge in [-0.15, -0.1) is 11.3 Å². The Morgan fingerprint density at radius 3 is 2.45 bits per heavy atom. The molecule has 2 aromatic rings. The summed E-state index contributed by atoms with van der Waals surface area (Å²) in [6.45, 7) is 7.16. The molecule has 1 nitrogen and oxygen atoms in total. The summed E-state index contributed by atoms with van der Waals surface area (Å²) in [6, 6.07) is 8.47. The molecule has 1 aliphatic carbocycles. The average molecular weight is 306 g/mol. The highest BCUT2D eigenvalue weighted by Gasteiger charge is 2.30. The lowest BCUT2D eigenvalue weighted by atomic mass is 9.72. The van der Waals surface area contributed by atoms with Crippen molar-refractivity contribution in [3.05, 3.63) is 24.3 Å². The molecule has 0 amide bonds. The summed E-state index contributed by atoms with van der Waals surface area (Å²) in [6.07, 6.45) is 5.46. The SMILES string of the molecule is CC(C)(C)C1CCC(Sc2nc3ccccc3s2)CC1. The van der Waals surface area contributed by atoms with Crippen LogP contribution in [0.3, 0.4) is 0 Å². The first-order valence-electron chi connectivity index (χ1n) is 7.54. The van der Waals surface area contributed by atoms with E-state index in [2.05, 4.69) is 45.0 Å². The molecule has 1 aromatic heterocycles. The lowest BCUT2D eigenvalue weighted by Crippen LogP contribution is -2.26. The van der Waals surface area contributed by atoms with E-state index in [0.29, 0.717) is 5.41 Å². The predicted octanol–water partition coefficient (Wildman–Crippen LogP) is 5.99. The normalized spacial score (nSPS) is 24.1. The van der Waals surface area contributed by atoms with E-state index in [0.717, 1.165) is 16.7 Å². The average Bonchev–Trinajstić information content (AvgIpc) is 2.80. The Hall–Kier alpha value is -0.540. The van der Waals surface area contributed by atoms with E-state index >= 15 is 0 Å². The number of para-hydroxylation sites is 1. The molecule has 1 fully saturated rings. The zero-order valence-corrected chi connectivity index (χ0v) is 14.2. The topological polar surface area (TPSA) is 12.9 Å². The summed E-state index contributed by atoms with van der Waals surface area (Å²) < 4.78 is 2.57. The molecule has 1 saturated carbocycles. The van der Waals surface area contributed by atoms with Crippen LogP contribution in [0.5, 0.6) is 0 Å². The number of hydrogen-bond acceptors (Lipinski definition) is 3. The molecule has 0 aliphatic heterocycles. The number of thiazole rings is 1. The summed E-state index contributed by atoms with van der Waals surface area (Å²) in [5.41, 5.74) is 1.63. The van der Waals surface area contributed by atoms with E-state index in [4.69, 9.17) is 4.98 Å². The second-order valence-electron chi connectivity index (χ2n) is 6.91. The highest BCUT2D eigenvalue weighted by Crippen LogP contribution is 2.43. The van der Waals surface area contributed by atoms with E-state index in [-0.39, 0.29) is 0 Å². The van der Waals surface area contributed by atoms with Crippen molar-refractivity contribution in [2.75, 3.05) is 0 Å². The standard InChI is InChI=1S/C17H23NS2/c1-17(2,3)12-8-10-13(11-9-12)19-16-18-14-6-4-5-7-15(14)20-16/h4-7,12-13H,8-11H2,1-3H3. The Labute approximate surface area is 130 Å². The highest BCUT2D eigenvalue weighted by atomic mass is 32.2. The number of nitrogens with zero attached hydrogens (tertiary/aromatic N) is 1. The Balaban J connectivity index is 1.62. The first kappa shape index (κ1) is 14.4. The van der Waals surface area contributed by atoms with Crippen molar-refractivity contribution in [2.45, 2.75) is 56.0 Å².